The van der Waals surface area contributed by atoms with Gasteiger partial charge in [0.25, 0.3) is 0 Å². The van der Waals surface area contributed by atoms with E-state index in [1.807, 2.05) is 44.2 Å². The average Bonchev–Trinajstić information content (AvgIpc) is 2.71. The lowest BCUT2D eigenvalue weighted by Gasteiger charge is -2.31. The Labute approximate surface area is 199 Å². The summed E-state index contributed by atoms with van der Waals surface area (Å²) in [5.74, 6) is -0.764. The van der Waals surface area contributed by atoms with Gasteiger partial charge in [-0.3, -0.25) is 13.9 Å². The number of amides is 2. The summed E-state index contributed by atoms with van der Waals surface area (Å²) in [4.78, 5) is 27.3. The van der Waals surface area contributed by atoms with Gasteiger partial charge >= 0.3 is 0 Å². The number of benzene rings is 2. The Morgan fingerprint density at radius 3 is 2.34 bits per heavy atom. The van der Waals surface area contributed by atoms with Crippen LogP contribution in [-0.2, 0) is 26.2 Å². The highest BCUT2D eigenvalue weighted by Gasteiger charge is 2.30. The van der Waals surface area contributed by atoms with Gasteiger partial charge in [0.1, 0.15) is 12.6 Å². The number of sulfonamides is 1. The molecule has 0 aliphatic carbocycles. The standard InChI is InChI=1S/C23H30BrN3O4S/c1-6-25-23(29)18(4)26(14-19-8-7-9-20(24)13-19)22(28)15-27(32(5,30)31)21-11-10-16(2)17(3)12-21/h7-13,18H,6,14-15H2,1-5H3,(H,25,29)/t18-/m0/s1. The molecule has 0 spiro atoms. The second-order valence-corrected chi connectivity index (χ2v) is 10.6. The minimum Gasteiger partial charge on any atom is -0.355 e. The first-order valence-electron chi connectivity index (χ1n) is 10.3. The van der Waals surface area contributed by atoms with Gasteiger partial charge in [-0.05, 0) is 68.7 Å². The third kappa shape index (κ3) is 6.80. The van der Waals surface area contributed by atoms with E-state index >= 15 is 0 Å². The summed E-state index contributed by atoms with van der Waals surface area (Å²) in [7, 11) is -3.73. The monoisotopic (exact) mass is 523 g/mol. The number of halogens is 1. The zero-order valence-corrected chi connectivity index (χ0v) is 21.5. The van der Waals surface area contributed by atoms with Crippen molar-refractivity contribution in [2.24, 2.45) is 0 Å². The van der Waals surface area contributed by atoms with Crippen LogP contribution in [0.2, 0.25) is 0 Å². The average molecular weight is 524 g/mol. The van der Waals surface area contributed by atoms with Crippen LogP contribution in [0, 0.1) is 13.8 Å². The Morgan fingerprint density at radius 1 is 1.09 bits per heavy atom. The second kappa shape index (κ2) is 11.0. The van der Waals surface area contributed by atoms with Crippen LogP contribution < -0.4 is 9.62 Å². The quantitative estimate of drug-likeness (QED) is 0.545. The van der Waals surface area contributed by atoms with E-state index in [0.717, 1.165) is 31.7 Å². The first-order chi connectivity index (χ1) is 14.9. The predicted octanol–water partition coefficient (Wildman–Crippen LogP) is 3.39. The van der Waals surface area contributed by atoms with Gasteiger partial charge in [0.05, 0.1) is 11.9 Å². The molecule has 2 aromatic rings. The van der Waals surface area contributed by atoms with Gasteiger partial charge in [-0.15, -0.1) is 0 Å². The molecule has 0 bridgehead atoms. The van der Waals surface area contributed by atoms with Crippen LogP contribution in [0.1, 0.15) is 30.5 Å². The number of aryl methyl sites for hydroxylation is 2. The number of hydrogen-bond donors (Lipinski definition) is 1. The van der Waals surface area contributed by atoms with Crippen molar-refractivity contribution < 1.29 is 18.0 Å². The summed E-state index contributed by atoms with van der Waals surface area (Å²) in [5.41, 5.74) is 3.18. The van der Waals surface area contributed by atoms with E-state index in [0.29, 0.717) is 12.2 Å². The molecule has 0 aromatic heterocycles. The van der Waals surface area contributed by atoms with Gasteiger partial charge in [-0.1, -0.05) is 34.1 Å². The van der Waals surface area contributed by atoms with Crippen molar-refractivity contribution >= 4 is 43.5 Å². The summed E-state index contributed by atoms with van der Waals surface area (Å²) in [5, 5.41) is 2.73. The van der Waals surface area contributed by atoms with E-state index < -0.39 is 28.5 Å². The van der Waals surface area contributed by atoms with Gasteiger partial charge in [0, 0.05) is 17.6 Å². The molecular weight excluding hydrogens is 494 g/mol. The van der Waals surface area contributed by atoms with E-state index in [-0.39, 0.29) is 12.5 Å². The molecule has 32 heavy (non-hydrogen) atoms. The number of rotatable bonds is 9. The van der Waals surface area contributed by atoms with Crippen molar-refractivity contribution in [3.8, 4) is 0 Å². The Hall–Kier alpha value is -2.39. The predicted molar refractivity (Wildman–Crippen MR) is 131 cm³/mol. The van der Waals surface area contributed by atoms with Crippen molar-refractivity contribution in [1.82, 2.24) is 10.2 Å². The third-order valence-electron chi connectivity index (χ3n) is 5.22. The van der Waals surface area contributed by atoms with Gasteiger partial charge in [0.2, 0.25) is 21.8 Å². The van der Waals surface area contributed by atoms with Crippen molar-refractivity contribution in [1.29, 1.82) is 0 Å². The van der Waals surface area contributed by atoms with Crippen molar-refractivity contribution in [3.63, 3.8) is 0 Å². The molecule has 174 valence electrons. The number of hydrogen-bond acceptors (Lipinski definition) is 4. The van der Waals surface area contributed by atoms with Crippen LogP contribution >= 0.6 is 15.9 Å². The molecule has 2 amide bonds. The van der Waals surface area contributed by atoms with Gasteiger partial charge in [0.15, 0.2) is 0 Å². The number of anilines is 1. The zero-order chi connectivity index (χ0) is 24.1. The minimum absolute atomic E-state index is 0.168. The maximum absolute atomic E-state index is 13.4. The highest BCUT2D eigenvalue weighted by molar-refractivity contribution is 9.10. The maximum atomic E-state index is 13.4. The number of nitrogens with one attached hydrogen (secondary N) is 1. The Kier molecular flexibility index (Phi) is 8.86. The lowest BCUT2D eigenvalue weighted by Crippen LogP contribution is -2.51. The molecule has 1 atom stereocenters. The molecule has 0 heterocycles. The van der Waals surface area contributed by atoms with E-state index in [9.17, 15) is 18.0 Å². The van der Waals surface area contributed by atoms with Crippen LogP contribution in [0.5, 0.6) is 0 Å². The molecule has 0 saturated heterocycles. The van der Waals surface area contributed by atoms with Crippen molar-refractivity contribution in [2.75, 3.05) is 23.7 Å². The Balaban J connectivity index is 2.40. The number of nitrogens with zero attached hydrogens (tertiary/aromatic N) is 2. The fourth-order valence-corrected chi connectivity index (χ4v) is 4.52. The molecular formula is C23H30BrN3O4S. The summed E-state index contributed by atoms with van der Waals surface area (Å²) in [6.45, 7) is 7.46. The lowest BCUT2D eigenvalue weighted by atomic mass is 10.1. The van der Waals surface area contributed by atoms with E-state index in [1.54, 1.807) is 26.0 Å². The zero-order valence-electron chi connectivity index (χ0n) is 19.1. The molecule has 0 unspecified atom stereocenters. The third-order valence-corrected chi connectivity index (χ3v) is 6.85. The molecule has 0 aliphatic heterocycles. The summed E-state index contributed by atoms with van der Waals surface area (Å²) in [6, 6.07) is 11.9. The van der Waals surface area contributed by atoms with Crippen LogP contribution in [0.4, 0.5) is 5.69 Å². The molecule has 2 rings (SSSR count). The Bertz CT molecular complexity index is 1090. The molecule has 9 heteroatoms. The van der Waals surface area contributed by atoms with Crippen LogP contribution in [-0.4, -0.2) is 50.5 Å². The SMILES string of the molecule is CCNC(=O)[C@H](C)N(Cc1cccc(Br)c1)C(=O)CN(c1ccc(C)c(C)c1)S(C)(=O)=O. The molecule has 1 N–H and O–H groups in total. The van der Waals surface area contributed by atoms with Gasteiger partial charge in [-0.25, -0.2) is 8.42 Å². The lowest BCUT2D eigenvalue weighted by molar-refractivity contribution is -0.139. The first kappa shape index (κ1) is 25.9. The topological polar surface area (TPSA) is 86.8 Å². The normalized spacial score (nSPS) is 12.2. The van der Waals surface area contributed by atoms with E-state index in [2.05, 4.69) is 21.2 Å². The molecule has 0 saturated carbocycles. The fourth-order valence-electron chi connectivity index (χ4n) is 3.23. The fraction of sp³-hybridized carbons (Fsp3) is 0.391. The largest absolute Gasteiger partial charge is 0.355 e. The smallest absolute Gasteiger partial charge is 0.244 e. The molecule has 0 fully saturated rings. The number of likely N-dealkylation sites (N-methyl/N-ethyl adjacent to an activating group) is 1. The highest BCUT2D eigenvalue weighted by atomic mass is 79.9. The number of carbonyl (C=O) groups is 2. The summed E-state index contributed by atoms with van der Waals surface area (Å²) >= 11 is 3.42. The van der Waals surface area contributed by atoms with E-state index in [1.165, 1.54) is 4.90 Å². The first-order valence-corrected chi connectivity index (χ1v) is 12.9. The Morgan fingerprint density at radius 2 is 1.78 bits per heavy atom. The van der Waals surface area contributed by atoms with Crippen LogP contribution in [0.3, 0.4) is 0 Å². The summed E-state index contributed by atoms with van der Waals surface area (Å²) < 4.78 is 27.1. The molecule has 2 aromatic carbocycles. The van der Waals surface area contributed by atoms with Crippen LogP contribution in [0.15, 0.2) is 46.9 Å². The molecule has 7 nitrogen and oxygen atoms in total. The summed E-state index contributed by atoms with van der Waals surface area (Å²) in [6.07, 6.45) is 1.07. The van der Waals surface area contributed by atoms with Crippen molar-refractivity contribution in [2.45, 2.75) is 40.3 Å². The second-order valence-electron chi connectivity index (χ2n) is 7.76. The molecule has 0 radical (unpaired) electrons. The van der Waals surface area contributed by atoms with Gasteiger partial charge < -0.3 is 10.2 Å². The molecule has 0 aliphatic rings. The maximum Gasteiger partial charge on any atom is 0.244 e. The highest BCUT2D eigenvalue weighted by Crippen LogP contribution is 2.22. The number of carbonyl (C=O) groups excluding carboxylic acids is 2. The minimum atomic E-state index is -3.73. The van der Waals surface area contributed by atoms with Crippen LogP contribution in [0.25, 0.3) is 0 Å². The van der Waals surface area contributed by atoms with E-state index in [4.69, 9.17) is 0 Å². The van der Waals surface area contributed by atoms with Crippen molar-refractivity contribution in [3.05, 3.63) is 63.6 Å². The van der Waals surface area contributed by atoms with Gasteiger partial charge in [-0.2, -0.15) is 0 Å².